The highest BCUT2D eigenvalue weighted by Crippen LogP contribution is 2.16. The Morgan fingerprint density at radius 2 is 1.48 bits per heavy atom. The predicted octanol–water partition coefficient (Wildman–Crippen LogP) is 2.86. The fourth-order valence-electron chi connectivity index (χ4n) is 3.09. The molecule has 4 nitrogen and oxygen atoms in total. The topological polar surface area (TPSA) is 43.8 Å². The summed E-state index contributed by atoms with van der Waals surface area (Å²) in [6.45, 7) is 5.21. The lowest BCUT2D eigenvalue weighted by atomic mass is 10.1. The monoisotopic (exact) mass is 360 g/mol. The van der Waals surface area contributed by atoms with Crippen molar-refractivity contribution in [2.45, 2.75) is 6.42 Å². The van der Waals surface area contributed by atoms with Gasteiger partial charge < -0.3 is 10.0 Å². The van der Waals surface area contributed by atoms with Crippen molar-refractivity contribution < 1.29 is 9.90 Å². The highest BCUT2D eigenvalue weighted by molar-refractivity contribution is 5.97. The number of rotatable bonds is 6. The fraction of sp³-hybridized carbons (Fsp3) is 0.350. The third kappa shape index (κ3) is 5.56. The first-order chi connectivity index (χ1) is 11.7. The highest BCUT2D eigenvalue weighted by Gasteiger charge is 2.19. The summed E-state index contributed by atoms with van der Waals surface area (Å²) in [6.07, 6.45) is 0.857. The van der Waals surface area contributed by atoms with Crippen molar-refractivity contribution in [2.24, 2.45) is 0 Å². The lowest BCUT2D eigenvalue weighted by Crippen LogP contribution is -2.48. The van der Waals surface area contributed by atoms with Crippen molar-refractivity contribution in [3.8, 4) is 5.75 Å². The first-order valence-corrected chi connectivity index (χ1v) is 8.52. The molecule has 134 valence electrons. The number of piperazine rings is 1. The normalized spacial score (nSPS) is 15.5. The molecule has 0 amide bonds. The number of carbonyl (C=O) groups excluding carboxylic acids is 1. The average molecular weight is 361 g/mol. The maximum absolute atomic E-state index is 12.3. The Kier molecular flexibility index (Phi) is 7.44. The molecule has 0 atom stereocenters. The van der Waals surface area contributed by atoms with Crippen LogP contribution in [0.15, 0.2) is 54.6 Å². The van der Waals surface area contributed by atoms with Crippen LogP contribution in [0.3, 0.4) is 0 Å². The van der Waals surface area contributed by atoms with Crippen molar-refractivity contribution in [1.82, 2.24) is 9.80 Å². The van der Waals surface area contributed by atoms with Crippen LogP contribution in [0.2, 0.25) is 0 Å². The molecule has 0 aromatic heterocycles. The molecule has 25 heavy (non-hydrogen) atoms. The Morgan fingerprint density at radius 3 is 2.16 bits per heavy atom. The summed E-state index contributed by atoms with van der Waals surface area (Å²) in [4.78, 5) is 16.9. The molecule has 2 aromatic rings. The van der Waals surface area contributed by atoms with Gasteiger partial charge in [-0.1, -0.05) is 48.5 Å². The summed E-state index contributed by atoms with van der Waals surface area (Å²) in [5, 5.41) is 9.83. The van der Waals surface area contributed by atoms with Gasteiger partial charge in [0, 0.05) is 38.3 Å². The number of aromatic hydroxyl groups is 1. The van der Waals surface area contributed by atoms with Crippen LogP contribution in [0, 0.1) is 0 Å². The van der Waals surface area contributed by atoms with E-state index in [-0.39, 0.29) is 18.2 Å². The number of phenols is 1. The van der Waals surface area contributed by atoms with Gasteiger partial charge in [0.2, 0.25) is 0 Å². The zero-order valence-corrected chi connectivity index (χ0v) is 15.1. The molecule has 1 aliphatic rings. The molecule has 0 aliphatic carbocycles. The summed E-state index contributed by atoms with van der Waals surface area (Å²) in [6, 6.07) is 17.0. The van der Waals surface area contributed by atoms with E-state index in [4.69, 9.17) is 0 Å². The molecule has 1 saturated heterocycles. The molecule has 0 spiro atoms. The number of ketones is 1. The second kappa shape index (κ2) is 9.56. The van der Waals surface area contributed by atoms with Crippen molar-refractivity contribution >= 4 is 18.2 Å². The van der Waals surface area contributed by atoms with E-state index in [9.17, 15) is 9.90 Å². The van der Waals surface area contributed by atoms with E-state index < -0.39 is 0 Å². The maximum Gasteiger partial charge on any atom is 0.176 e. The van der Waals surface area contributed by atoms with Crippen LogP contribution in [0.5, 0.6) is 5.75 Å². The number of hydrogen-bond donors (Lipinski definition) is 1. The van der Waals surface area contributed by atoms with Gasteiger partial charge in [-0.3, -0.25) is 9.69 Å². The van der Waals surface area contributed by atoms with Gasteiger partial charge in [-0.2, -0.15) is 0 Å². The van der Waals surface area contributed by atoms with Gasteiger partial charge in [-0.05, 0) is 18.1 Å². The van der Waals surface area contributed by atoms with Crippen LogP contribution in [0.25, 0.3) is 0 Å². The minimum Gasteiger partial charge on any atom is -0.508 e. The van der Waals surface area contributed by atoms with E-state index in [1.165, 1.54) is 0 Å². The van der Waals surface area contributed by atoms with Crippen molar-refractivity contribution in [3.05, 3.63) is 65.7 Å². The largest absolute Gasteiger partial charge is 0.508 e. The smallest absolute Gasteiger partial charge is 0.176 e. The standard InChI is InChI=1S/C20H24N2O2.ClH/c23-19-9-5-4-8-18(19)10-11-21-12-14-22(15-13-21)16-20(24)17-6-2-1-3-7-17;/h1-9,23H,10-16H2;1H. The zero-order valence-electron chi connectivity index (χ0n) is 14.3. The summed E-state index contributed by atoms with van der Waals surface area (Å²) in [7, 11) is 0. The van der Waals surface area contributed by atoms with E-state index >= 15 is 0 Å². The maximum atomic E-state index is 12.3. The molecule has 1 fully saturated rings. The van der Waals surface area contributed by atoms with E-state index in [1.54, 1.807) is 6.07 Å². The van der Waals surface area contributed by atoms with E-state index in [2.05, 4.69) is 9.80 Å². The quantitative estimate of drug-likeness (QED) is 0.804. The third-order valence-electron chi connectivity index (χ3n) is 4.62. The number of carbonyl (C=O) groups is 1. The molecule has 5 heteroatoms. The fourth-order valence-corrected chi connectivity index (χ4v) is 3.09. The van der Waals surface area contributed by atoms with Gasteiger partial charge in [0.05, 0.1) is 6.54 Å². The van der Waals surface area contributed by atoms with Gasteiger partial charge in [0.25, 0.3) is 0 Å². The van der Waals surface area contributed by atoms with Gasteiger partial charge in [0.15, 0.2) is 5.78 Å². The number of benzene rings is 2. The minimum absolute atomic E-state index is 0. The van der Waals surface area contributed by atoms with E-state index in [1.807, 2.05) is 48.5 Å². The number of halogens is 1. The Labute approximate surface area is 155 Å². The molecule has 1 aliphatic heterocycles. The number of phenolic OH excluding ortho intramolecular Hbond substituents is 1. The molecule has 0 saturated carbocycles. The minimum atomic E-state index is 0. The number of para-hydroxylation sites is 1. The first-order valence-electron chi connectivity index (χ1n) is 8.52. The molecular formula is C20H25ClN2O2. The second-order valence-electron chi connectivity index (χ2n) is 6.29. The summed E-state index contributed by atoms with van der Waals surface area (Å²) in [5.41, 5.74) is 1.79. The molecule has 1 heterocycles. The van der Waals surface area contributed by atoms with Gasteiger partial charge in [0.1, 0.15) is 5.75 Å². The number of nitrogens with zero attached hydrogens (tertiary/aromatic N) is 2. The number of Topliss-reactive ketones (excluding diaryl/α,β-unsaturated/α-hetero) is 1. The van der Waals surface area contributed by atoms with Crippen LogP contribution < -0.4 is 0 Å². The highest BCUT2D eigenvalue weighted by atomic mass is 35.5. The Balaban J connectivity index is 0.00000225. The zero-order chi connectivity index (χ0) is 16.8. The van der Waals surface area contributed by atoms with E-state index in [0.717, 1.165) is 50.3 Å². The second-order valence-corrected chi connectivity index (χ2v) is 6.29. The lowest BCUT2D eigenvalue weighted by molar-refractivity contribution is 0.0854. The molecule has 0 bridgehead atoms. The van der Waals surface area contributed by atoms with Crippen LogP contribution in [-0.4, -0.2) is 60.0 Å². The van der Waals surface area contributed by atoms with Gasteiger partial charge in [-0.25, -0.2) is 0 Å². The van der Waals surface area contributed by atoms with E-state index in [0.29, 0.717) is 12.3 Å². The Hall–Kier alpha value is -1.88. The lowest BCUT2D eigenvalue weighted by Gasteiger charge is -2.34. The molecule has 2 aromatic carbocycles. The van der Waals surface area contributed by atoms with Crippen molar-refractivity contribution in [1.29, 1.82) is 0 Å². The summed E-state index contributed by atoms with van der Waals surface area (Å²) >= 11 is 0. The van der Waals surface area contributed by atoms with Crippen LogP contribution in [-0.2, 0) is 6.42 Å². The molecule has 0 unspecified atom stereocenters. The summed E-state index contributed by atoms with van der Waals surface area (Å²) in [5.74, 6) is 0.572. The van der Waals surface area contributed by atoms with Gasteiger partial charge >= 0.3 is 0 Å². The predicted molar refractivity (Wildman–Crippen MR) is 103 cm³/mol. The molecule has 3 rings (SSSR count). The van der Waals surface area contributed by atoms with Crippen LogP contribution >= 0.6 is 12.4 Å². The van der Waals surface area contributed by atoms with Crippen molar-refractivity contribution in [2.75, 3.05) is 39.3 Å². The van der Waals surface area contributed by atoms with Crippen LogP contribution in [0.1, 0.15) is 15.9 Å². The SMILES string of the molecule is Cl.O=C(CN1CCN(CCc2ccccc2O)CC1)c1ccccc1. The third-order valence-corrected chi connectivity index (χ3v) is 4.62. The van der Waals surface area contributed by atoms with Gasteiger partial charge in [-0.15, -0.1) is 12.4 Å². The Bertz CT molecular complexity index is 670. The first kappa shape index (κ1) is 19.4. The van der Waals surface area contributed by atoms with Crippen molar-refractivity contribution in [3.63, 3.8) is 0 Å². The molecule has 1 N–H and O–H groups in total. The summed E-state index contributed by atoms with van der Waals surface area (Å²) < 4.78 is 0. The average Bonchev–Trinajstić information content (AvgIpc) is 2.63. The molecule has 0 radical (unpaired) electrons. The Morgan fingerprint density at radius 1 is 0.880 bits per heavy atom. The number of hydrogen-bond acceptors (Lipinski definition) is 4. The van der Waals surface area contributed by atoms with Crippen LogP contribution in [0.4, 0.5) is 0 Å². The molecular weight excluding hydrogens is 336 g/mol.